The molecule has 0 unspecified atom stereocenters. The molecule has 0 aliphatic rings. The lowest BCUT2D eigenvalue weighted by Gasteiger charge is -2.12. The van der Waals surface area contributed by atoms with Gasteiger partial charge in [0.1, 0.15) is 10.1 Å². The van der Waals surface area contributed by atoms with Crippen LogP contribution in [0.2, 0.25) is 0 Å². The summed E-state index contributed by atoms with van der Waals surface area (Å²) >= 11 is 6.70. The molecule has 92 valence electrons. The lowest BCUT2D eigenvalue weighted by Crippen LogP contribution is -2.17. The quantitative estimate of drug-likeness (QED) is 0.764. The topological polar surface area (TPSA) is 20.3 Å². The van der Waals surface area contributed by atoms with Crippen molar-refractivity contribution in [2.45, 2.75) is 12.8 Å². The highest BCUT2D eigenvalue weighted by molar-refractivity contribution is 8.22. The van der Waals surface area contributed by atoms with Crippen LogP contribution in [0.1, 0.15) is 12.0 Å². The fraction of sp³-hybridized carbons (Fsp3) is 0.385. The predicted octanol–water partition coefficient (Wildman–Crippen LogP) is 2.77. The molecule has 0 N–H and O–H groups in total. The zero-order valence-corrected chi connectivity index (χ0v) is 11.8. The lowest BCUT2D eigenvalue weighted by molar-refractivity contribution is -0.118. The first kappa shape index (κ1) is 14.2. The third-order valence-electron chi connectivity index (χ3n) is 2.22. The fourth-order valence-electron chi connectivity index (χ4n) is 1.29. The molecular formula is C13H17NOS2. The highest BCUT2D eigenvalue weighted by Gasteiger charge is 2.05. The van der Waals surface area contributed by atoms with Crippen molar-refractivity contribution < 1.29 is 4.79 Å². The van der Waals surface area contributed by atoms with Gasteiger partial charge in [-0.2, -0.15) is 0 Å². The first-order chi connectivity index (χ1) is 8.09. The van der Waals surface area contributed by atoms with Crippen LogP contribution in [0, 0.1) is 0 Å². The molecule has 0 atom stereocenters. The van der Waals surface area contributed by atoms with Crippen LogP contribution in [0.5, 0.6) is 0 Å². The second-order valence-electron chi connectivity index (χ2n) is 3.96. The molecule has 0 aromatic heterocycles. The molecule has 0 saturated carbocycles. The Labute approximate surface area is 112 Å². The molecule has 17 heavy (non-hydrogen) atoms. The van der Waals surface area contributed by atoms with Crippen LogP contribution in [0.3, 0.4) is 0 Å². The summed E-state index contributed by atoms with van der Waals surface area (Å²) in [5, 5.41) is 0. The smallest absolute Gasteiger partial charge is 0.138 e. The van der Waals surface area contributed by atoms with Crippen LogP contribution in [0.25, 0.3) is 0 Å². The summed E-state index contributed by atoms with van der Waals surface area (Å²) in [5.74, 6) is 1.04. The molecule has 0 fully saturated rings. The van der Waals surface area contributed by atoms with Crippen molar-refractivity contribution in [1.82, 2.24) is 4.90 Å². The molecule has 4 heteroatoms. The van der Waals surface area contributed by atoms with E-state index in [9.17, 15) is 4.79 Å². The SMILES string of the molecule is CN(C)C(=S)SCCC(=O)Cc1ccccc1. The van der Waals surface area contributed by atoms with E-state index in [2.05, 4.69) is 0 Å². The molecule has 0 saturated heterocycles. The average molecular weight is 267 g/mol. The van der Waals surface area contributed by atoms with Gasteiger partial charge in [0.2, 0.25) is 0 Å². The molecule has 0 radical (unpaired) electrons. The third kappa shape index (κ3) is 5.84. The highest BCUT2D eigenvalue weighted by Crippen LogP contribution is 2.10. The molecule has 0 bridgehead atoms. The Hall–Kier alpha value is -0.870. The Kier molecular flexibility index (Phi) is 6.22. The molecule has 1 aromatic rings. The third-order valence-corrected chi connectivity index (χ3v) is 3.95. The summed E-state index contributed by atoms with van der Waals surface area (Å²) in [6.07, 6.45) is 1.10. The zero-order chi connectivity index (χ0) is 12.7. The van der Waals surface area contributed by atoms with E-state index in [4.69, 9.17) is 12.2 Å². The van der Waals surface area contributed by atoms with Crippen molar-refractivity contribution in [3.8, 4) is 0 Å². The van der Waals surface area contributed by atoms with Gasteiger partial charge < -0.3 is 4.90 Å². The number of hydrogen-bond donors (Lipinski definition) is 0. The number of thiocarbonyl (C=S) groups is 1. The Morgan fingerprint density at radius 3 is 2.53 bits per heavy atom. The van der Waals surface area contributed by atoms with Crippen LogP contribution in [-0.4, -0.2) is 34.9 Å². The van der Waals surface area contributed by atoms with Gasteiger partial charge in [0.25, 0.3) is 0 Å². The number of benzene rings is 1. The van der Waals surface area contributed by atoms with E-state index >= 15 is 0 Å². The second kappa shape index (κ2) is 7.45. The summed E-state index contributed by atoms with van der Waals surface area (Å²) in [4.78, 5) is 13.6. The van der Waals surface area contributed by atoms with Crippen LogP contribution in [0.15, 0.2) is 30.3 Å². The summed E-state index contributed by atoms with van der Waals surface area (Å²) in [7, 11) is 3.84. The van der Waals surface area contributed by atoms with Gasteiger partial charge in [0, 0.05) is 32.7 Å². The Morgan fingerprint density at radius 1 is 1.29 bits per heavy atom. The van der Waals surface area contributed by atoms with E-state index in [0.717, 1.165) is 15.6 Å². The van der Waals surface area contributed by atoms with E-state index < -0.39 is 0 Å². The first-order valence-corrected chi connectivity index (χ1v) is 6.88. The van der Waals surface area contributed by atoms with Crippen molar-refractivity contribution >= 4 is 34.1 Å². The largest absolute Gasteiger partial charge is 0.364 e. The zero-order valence-electron chi connectivity index (χ0n) is 10.2. The van der Waals surface area contributed by atoms with E-state index in [1.165, 1.54) is 0 Å². The molecule has 2 nitrogen and oxygen atoms in total. The van der Waals surface area contributed by atoms with Crippen LogP contribution in [0.4, 0.5) is 0 Å². The maximum Gasteiger partial charge on any atom is 0.138 e. The number of nitrogens with zero attached hydrogens (tertiary/aromatic N) is 1. The van der Waals surface area contributed by atoms with Crippen molar-refractivity contribution in [3.63, 3.8) is 0 Å². The second-order valence-corrected chi connectivity index (χ2v) is 5.69. The molecule has 0 spiro atoms. The standard InChI is InChI=1S/C13H17NOS2/c1-14(2)13(16)17-9-8-12(15)10-11-6-4-3-5-7-11/h3-7H,8-10H2,1-2H3. The highest BCUT2D eigenvalue weighted by atomic mass is 32.2. The molecule has 0 aliphatic carbocycles. The number of ketones is 1. The molecule has 1 aromatic carbocycles. The summed E-state index contributed by atoms with van der Waals surface area (Å²) in [6.45, 7) is 0. The molecule has 0 amide bonds. The van der Waals surface area contributed by atoms with Crippen molar-refractivity contribution in [3.05, 3.63) is 35.9 Å². The van der Waals surface area contributed by atoms with Gasteiger partial charge in [0.05, 0.1) is 0 Å². The maximum absolute atomic E-state index is 11.7. The summed E-state index contributed by atoms with van der Waals surface area (Å²) < 4.78 is 0.831. The lowest BCUT2D eigenvalue weighted by atomic mass is 10.1. The Bertz CT molecular complexity index is 376. The number of hydrogen-bond acceptors (Lipinski definition) is 3. The minimum Gasteiger partial charge on any atom is -0.364 e. The fourth-order valence-corrected chi connectivity index (χ4v) is 2.31. The van der Waals surface area contributed by atoms with Crippen molar-refractivity contribution in [2.75, 3.05) is 19.8 Å². The average Bonchev–Trinajstić information content (AvgIpc) is 2.30. The van der Waals surface area contributed by atoms with Crippen molar-refractivity contribution in [1.29, 1.82) is 0 Å². The van der Waals surface area contributed by atoms with Gasteiger partial charge in [-0.05, 0) is 5.56 Å². The molecule has 0 heterocycles. The van der Waals surface area contributed by atoms with Crippen LogP contribution in [-0.2, 0) is 11.2 Å². The Morgan fingerprint density at radius 2 is 1.94 bits per heavy atom. The van der Waals surface area contributed by atoms with Gasteiger partial charge >= 0.3 is 0 Å². The van der Waals surface area contributed by atoms with Gasteiger partial charge in [0.15, 0.2) is 0 Å². The van der Waals surface area contributed by atoms with Gasteiger partial charge in [-0.1, -0.05) is 54.3 Å². The minimum absolute atomic E-state index is 0.269. The van der Waals surface area contributed by atoms with Gasteiger partial charge in [-0.15, -0.1) is 0 Å². The van der Waals surface area contributed by atoms with Crippen LogP contribution >= 0.6 is 24.0 Å². The summed E-state index contributed by atoms with van der Waals surface area (Å²) in [5.41, 5.74) is 1.08. The Balaban J connectivity index is 2.25. The van der Waals surface area contributed by atoms with Crippen LogP contribution < -0.4 is 0 Å². The number of carbonyl (C=O) groups is 1. The molecule has 1 rings (SSSR count). The molecule has 0 aliphatic heterocycles. The number of carbonyl (C=O) groups excluding carboxylic acids is 1. The van der Waals surface area contributed by atoms with E-state index in [0.29, 0.717) is 12.8 Å². The number of rotatable bonds is 5. The normalized spacial score (nSPS) is 10.0. The van der Waals surface area contributed by atoms with E-state index in [-0.39, 0.29) is 5.78 Å². The number of Topliss-reactive ketones (excluding diaryl/α,β-unsaturated/α-hetero) is 1. The summed E-state index contributed by atoms with van der Waals surface area (Å²) in [6, 6.07) is 9.83. The van der Waals surface area contributed by atoms with Gasteiger partial charge in [-0.25, -0.2) is 0 Å². The first-order valence-electron chi connectivity index (χ1n) is 5.49. The maximum atomic E-state index is 11.7. The monoisotopic (exact) mass is 267 g/mol. The molecular weight excluding hydrogens is 250 g/mol. The minimum atomic E-state index is 0.269. The van der Waals surface area contributed by atoms with Crippen molar-refractivity contribution in [2.24, 2.45) is 0 Å². The van der Waals surface area contributed by atoms with E-state index in [1.54, 1.807) is 11.8 Å². The number of thioether (sulfide) groups is 1. The predicted molar refractivity (Wildman–Crippen MR) is 78.5 cm³/mol. The van der Waals surface area contributed by atoms with E-state index in [1.807, 2.05) is 49.3 Å². The van der Waals surface area contributed by atoms with Gasteiger partial charge in [-0.3, -0.25) is 4.79 Å².